The van der Waals surface area contributed by atoms with E-state index in [0.717, 1.165) is 11.6 Å². The number of aryl methyl sites for hydroxylation is 2. The molecule has 0 aromatic carbocycles. The Hall–Kier alpha value is -3.10. The maximum absolute atomic E-state index is 12.7. The van der Waals surface area contributed by atoms with Crippen molar-refractivity contribution in [1.29, 1.82) is 0 Å². The molecule has 0 saturated carbocycles. The predicted octanol–water partition coefficient (Wildman–Crippen LogP) is 3.81. The molecule has 0 aliphatic rings. The standard InChI is InChI=1S/C17H15F3N4O2/c1-10-3-6-15(21-8-10)22-16(25)13-5-4-12(26-13)9-24-11(2)7-14(23-24)17(18,19)20/h3-8H,9H2,1-2H3,(H,21,22,25). The van der Waals surface area contributed by atoms with Crippen LogP contribution in [0.25, 0.3) is 0 Å². The maximum Gasteiger partial charge on any atom is 0.435 e. The second kappa shape index (κ2) is 6.66. The Labute approximate surface area is 146 Å². The minimum atomic E-state index is -4.51. The minimum Gasteiger partial charge on any atom is -0.454 e. The summed E-state index contributed by atoms with van der Waals surface area (Å²) >= 11 is 0. The van der Waals surface area contributed by atoms with Gasteiger partial charge in [0, 0.05) is 11.9 Å². The van der Waals surface area contributed by atoms with Crippen molar-refractivity contribution in [2.24, 2.45) is 0 Å². The molecule has 0 aliphatic heterocycles. The fourth-order valence-electron chi connectivity index (χ4n) is 2.26. The lowest BCUT2D eigenvalue weighted by molar-refractivity contribution is -0.141. The van der Waals surface area contributed by atoms with Gasteiger partial charge in [-0.3, -0.25) is 9.48 Å². The van der Waals surface area contributed by atoms with Crippen molar-refractivity contribution in [3.05, 3.63) is 65.0 Å². The fourth-order valence-corrected chi connectivity index (χ4v) is 2.26. The predicted molar refractivity (Wildman–Crippen MR) is 86.7 cm³/mol. The average Bonchev–Trinajstić information content (AvgIpc) is 3.17. The number of aromatic nitrogens is 3. The van der Waals surface area contributed by atoms with Crippen LogP contribution in [0.3, 0.4) is 0 Å². The van der Waals surface area contributed by atoms with Crippen LogP contribution in [-0.4, -0.2) is 20.7 Å². The number of halogens is 3. The van der Waals surface area contributed by atoms with Gasteiger partial charge in [0.15, 0.2) is 11.5 Å². The van der Waals surface area contributed by atoms with Gasteiger partial charge in [-0.1, -0.05) is 6.07 Å². The molecule has 3 rings (SSSR count). The van der Waals surface area contributed by atoms with Crippen LogP contribution in [-0.2, 0) is 12.7 Å². The van der Waals surface area contributed by atoms with Crippen molar-refractivity contribution in [3.63, 3.8) is 0 Å². The SMILES string of the molecule is Cc1ccc(NC(=O)c2ccc(Cn3nc(C(F)(F)F)cc3C)o2)nc1. The summed E-state index contributed by atoms with van der Waals surface area (Å²) < 4.78 is 44.7. The molecule has 0 atom stereocenters. The minimum absolute atomic E-state index is 0.0159. The van der Waals surface area contributed by atoms with E-state index in [9.17, 15) is 18.0 Å². The largest absolute Gasteiger partial charge is 0.454 e. The third-order valence-electron chi connectivity index (χ3n) is 3.62. The van der Waals surface area contributed by atoms with E-state index < -0.39 is 17.8 Å². The Morgan fingerprint density at radius 3 is 2.62 bits per heavy atom. The van der Waals surface area contributed by atoms with Crippen LogP contribution in [0, 0.1) is 13.8 Å². The van der Waals surface area contributed by atoms with E-state index in [0.29, 0.717) is 17.3 Å². The first-order valence-electron chi connectivity index (χ1n) is 7.67. The lowest BCUT2D eigenvalue weighted by Crippen LogP contribution is -2.12. The molecule has 6 nitrogen and oxygen atoms in total. The molecule has 136 valence electrons. The average molecular weight is 364 g/mol. The lowest BCUT2D eigenvalue weighted by Gasteiger charge is -2.03. The summed E-state index contributed by atoms with van der Waals surface area (Å²) in [4.78, 5) is 16.2. The number of nitrogens with zero attached hydrogens (tertiary/aromatic N) is 3. The van der Waals surface area contributed by atoms with Gasteiger partial charge in [0.25, 0.3) is 5.91 Å². The van der Waals surface area contributed by atoms with Crippen LogP contribution in [0.1, 0.15) is 33.3 Å². The summed E-state index contributed by atoms with van der Waals surface area (Å²) in [5.74, 6) is 0.215. The number of hydrogen-bond acceptors (Lipinski definition) is 4. The molecule has 0 bridgehead atoms. The van der Waals surface area contributed by atoms with E-state index in [-0.39, 0.29) is 12.3 Å². The van der Waals surface area contributed by atoms with Crippen molar-refractivity contribution in [2.45, 2.75) is 26.6 Å². The number of anilines is 1. The number of rotatable bonds is 4. The summed E-state index contributed by atoms with van der Waals surface area (Å²) in [5.41, 5.74) is 0.324. The van der Waals surface area contributed by atoms with Crippen molar-refractivity contribution >= 4 is 11.7 Å². The number of carbonyl (C=O) groups is 1. The molecule has 0 saturated heterocycles. The summed E-state index contributed by atoms with van der Waals surface area (Å²) in [6, 6.07) is 7.38. The Kier molecular flexibility index (Phi) is 4.54. The van der Waals surface area contributed by atoms with Crippen LogP contribution in [0.2, 0.25) is 0 Å². The zero-order chi connectivity index (χ0) is 18.9. The molecule has 1 amide bonds. The van der Waals surface area contributed by atoms with E-state index >= 15 is 0 Å². The second-order valence-corrected chi connectivity index (χ2v) is 5.77. The summed E-state index contributed by atoms with van der Waals surface area (Å²) in [7, 11) is 0. The van der Waals surface area contributed by atoms with Crippen molar-refractivity contribution in [2.75, 3.05) is 5.32 Å². The van der Waals surface area contributed by atoms with Crippen LogP contribution in [0.4, 0.5) is 19.0 Å². The summed E-state index contributed by atoms with van der Waals surface area (Å²) in [5, 5.41) is 6.11. The second-order valence-electron chi connectivity index (χ2n) is 5.77. The number of amides is 1. The topological polar surface area (TPSA) is 73.0 Å². The fraction of sp³-hybridized carbons (Fsp3) is 0.235. The Balaban J connectivity index is 1.71. The molecule has 0 unspecified atom stereocenters. The first kappa shape index (κ1) is 17.7. The third kappa shape index (κ3) is 3.93. The Morgan fingerprint density at radius 1 is 1.23 bits per heavy atom. The highest BCUT2D eigenvalue weighted by atomic mass is 19.4. The molecule has 26 heavy (non-hydrogen) atoms. The van der Waals surface area contributed by atoms with Gasteiger partial charge < -0.3 is 9.73 Å². The van der Waals surface area contributed by atoms with E-state index in [2.05, 4.69) is 15.4 Å². The first-order valence-corrected chi connectivity index (χ1v) is 7.67. The number of alkyl halides is 3. The molecule has 3 heterocycles. The molecule has 1 N–H and O–H groups in total. The van der Waals surface area contributed by atoms with Crippen LogP contribution in [0.15, 0.2) is 40.9 Å². The molecule has 0 aliphatic carbocycles. The number of nitrogens with one attached hydrogen (secondary N) is 1. The van der Waals surface area contributed by atoms with Gasteiger partial charge in [-0.2, -0.15) is 18.3 Å². The molecule has 0 fully saturated rings. The van der Waals surface area contributed by atoms with Crippen molar-refractivity contribution in [1.82, 2.24) is 14.8 Å². The highest BCUT2D eigenvalue weighted by Crippen LogP contribution is 2.28. The van der Waals surface area contributed by atoms with E-state index in [1.54, 1.807) is 18.3 Å². The van der Waals surface area contributed by atoms with E-state index in [1.807, 2.05) is 6.92 Å². The Morgan fingerprint density at radius 2 is 2.00 bits per heavy atom. The quantitative estimate of drug-likeness (QED) is 0.764. The molecule has 0 spiro atoms. The molecule has 3 aromatic heterocycles. The van der Waals surface area contributed by atoms with E-state index in [4.69, 9.17) is 4.42 Å². The van der Waals surface area contributed by atoms with Gasteiger partial charge in [0.1, 0.15) is 11.6 Å². The molecule has 0 radical (unpaired) electrons. The summed E-state index contributed by atoms with van der Waals surface area (Å²) in [6.07, 6.45) is -2.90. The maximum atomic E-state index is 12.7. The van der Waals surface area contributed by atoms with Gasteiger partial charge in [-0.25, -0.2) is 4.98 Å². The number of hydrogen-bond donors (Lipinski definition) is 1. The van der Waals surface area contributed by atoms with Gasteiger partial charge in [0.05, 0.1) is 6.54 Å². The lowest BCUT2D eigenvalue weighted by atomic mass is 10.3. The smallest absolute Gasteiger partial charge is 0.435 e. The normalized spacial score (nSPS) is 11.6. The zero-order valence-corrected chi connectivity index (χ0v) is 14.0. The number of carbonyl (C=O) groups excluding carboxylic acids is 1. The third-order valence-corrected chi connectivity index (χ3v) is 3.62. The number of pyridine rings is 1. The number of furan rings is 1. The summed E-state index contributed by atoms with van der Waals surface area (Å²) in [6.45, 7) is 3.37. The van der Waals surface area contributed by atoms with Crippen molar-refractivity contribution in [3.8, 4) is 0 Å². The zero-order valence-electron chi connectivity index (χ0n) is 14.0. The highest BCUT2D eigenvalue weighted by molar-refractivity contribution is 6.01. The Bertz CT molecular complexity index is 926. The van der Waals surface area contributed by atoms with Crippen LogP contribution < -0.4 is 5.32 Å². The van der Waals surface area contributed by atoms with Crippen LogP contribution >= 0.6 is 0 Å². The van der Waals surface area contributed by atoms with Crippen LogP contribution in [0.5, 0.6) is 0 Å². The highest BCUT2D eigenvalue weighted by Gasteiger charge is 2.34. The molecular formula is C17H15F3N4O2. The van der Waals surface area contributed by atoms with Crippen molar-refractivity contribution < 1.29 is 22.4 Å². The van der Waals surface area contributed by atoms with Gasteiger partial charge in [0.2, 0.25) is 0 Å². The van der Waals surface area contributed by atoms with E-state index in [1.165, 1.54) is 23.7 Å². The van der Waals surface area contributed by atoms with Gasteiger partial charge in [-0.05, 0) is 43.7 Å². The first-order chi connectivity index (χ1) is 12.2. The monoisotopic (exact) mass is 364 g/mol. The van der Waals surface area contributed by atoms with Gasteiger partial charge in [-0.15, -0.1) is 0 Å². The molecule has 9 heteroatoms. The van der Waals surface area contributed by atoms with Gasteiger partial charge >= 0.3 is 6.18 Å². The molecular weight excluding hydrogens is 349 g/mol. The molecule has 3 aromatic rings.